The summed E-state index contributed by atoms with van der Waals surface area (Å²) in [6.07, 6.45) is 4.97. The highest BCUT2D eigenvalue weighted by Crippen LogP contribution is 2.38. The quantitative estimate of drug-likeness (QED) is 0.257. The molecule has 1 fully saturated rings. The molecule has 0 aliphatic heterocycles. The van der Waals surface area contributed by atoms with Crippen LogP contribution in [0.3, 0.4) is 0 Å². The van der Waals surface area contributed by atoms with Crippen LogP contribution >= 0.6 is 23.2 Å². The van der Waals surface area contributed by atoms with Gasteiger partial charge in [0.2, 0.25) is 0 Å². The van der Waals surface area contributed by atoms with Gasteiger partial charge in [0.15, 0.2) is 0 Å². The number of nitrogens with two attached hydrogens (primary N) is 1. The number of carboxylic acids is 1. The number of hydrogen-bond acceptors (Lipinski definition) is 5. The molecule has 156 valence electrons. The normalized spacial score (nSPS) is 21.0. The molecule has 0 unspecified atom stereocenters. The maximum atomic E-state index is 11.7. The standard InChI is InChI=1S/C19H29BCl2N2O4/c21-15-6-5-13(17(22)12-15)4-3-9-24-16-10-14(11-16)19(23,18(25)26)7-1-2-8-20(27)28/h5-6,12,14,16,24,27-28H,1-4,7-11,23H2,(H,25,26)/t14-,16-,19-/m0/s1. The van der Waals surface area contributed by atoms with Crippen LogP contribution in [0.5, 0.6) is 0 Å². The van der Waals surface area contributed by atoms with Crippen molar-refractivity contribution in [2.45, 2.75) is 62.8 Å². The minimum absolute atomic E-state index is 0.0627. The summed E-state index contributed by atoms with van der Waals surface area (Å²) in [5.41, 5.74) is 6.04. The second kappa shape index (κ2) is 10.8. The first-order valence-electron chi connectivity index (χ1n) is 9.78. The lowest BCUT2D eigenvalue weighted by molar-refractivity contribution is -0.148. The monoisotopic (exact) mass is 430 g/mol. The van der Waals surface area contributed by atoms with Gasteiger partial charge in [0, 0.05) is 16.1 Å². The number of unbranched alkanes of at least 4 members (excludes halogenated alkanes) is 1. The van der Waals surface area contributed by atoms with Crippen molar-refractivity contribution in [3.05, 3.63) is 33.8 Å². The van der Waals surface area contributed by atoms with E-state index in [4.69, 9.17) is 39.0 Å². The van der Waals surface area contributed by atoms with Crippen LogP contribution in [-0.4, -0.2) is 46.4 Å². The van der Waals surface area contributed by atoms with Crippen molar-refractivity contribution >= 4 is 36.3 Å². The van der Waals surface area contributed by atoms with E-state index >= 15 is 0 Å². The van der Waals surface area contributed by atoms with Crippen molar-refractivity contribution in [3.8, 4) is 0 Å². The zero-order valence-corrected chi connectivity index (χ0v) is 17.4. The summed E-state index contributed by atoms with van der Waals surface area (Å²) in [6.45, 7) is 0.829. The van der Waals surface area contributed by atoms with Crippen LogP contribution in [0.2, 0.25) is 16.4 Å². The lowest BCUT2D eigenvalue weighted by Crippen LogP contribution is -2.61. The second-order valence-electron chi connectivity index (χ2n) is 7.73. The Labute approximate surface area is 176 Å². The molecular weight excluding hydrogens is 402 g/mol. The number of aliphatic carboxylic acids is 1. The first-order valence-corrected chi connectivity index (χ1v) is 10.5. The minimum atomic E-state index is -1.35. The van der Waals surface area contributed by atoms with Crippen molar-refractivity contribution in [1.29, 1.82) is 0 Å². The summed E-state index contributed by atoms with van der Waals surface area (Å²) in [5.74, 6) is -1.04. The number of carbonyl (C=O) groups is 1. The Bertz CT molecular complexity index is 659. The Balaban J connectivity index is 1.68. The largest absolute Gasteiger partial charge is 0.480 e. The van der Waals surface area contributed by atoms with Gasteiger partial charge in [-0.3, -0.25) is 4.79 Å². The Morgan fingerprint density at radius 1 is 1.25 bits per heavy atom. The molecule has 0 saturated heterocycles. The smallest absolute Gasteiger partial charge is 0.451 e. The van der Waals surface area contributed by atoms with Gasteiger partial charge < -0.3 is 26.2 Å². The average molecular weight is 431 g/mol. The second-order valence-corrected chi connectivity index (χ2v) is 8.57. The summed E-state index contributed by atoms with van der Waals surface area (Å²) in [5, 5.41) is 32.1. The fraction of sp³-hybridized carbons (Fsp3) is 0.632. The van der Waals surface area contributed by atoms with Crippen molar-refractivity contribution in [2.75, 3.05) is 6.54 Å². The summed E-state index contributed by atoms with van der Waals surface area (Å²) in [6, 6.07) is 5.80. The number of benzene rings is 1. The van der Waals surface area contributed by atoms with E-state index < -0.39 is 18.6 Å². The van der Waals surface area contributed by atoms with Crippen LogP contribution in [0.25, 0.3) is 0 Å². The molecule has 2 rings (SSSR count). The van der Waals surface area contributed by atoms with E-state index in [0.717, 1.165) is 37.8 Å². The molecule has 1 aromatic carbocycles. The molecule has 0 aromatic heterocycles. The van der Waals surface area contributed by atoms with E-state index in [-0.39, 0.29) is 18.3 Å². The number of halogens is 2. The third-order valence-electron chi connectivity index (χ3n) is 5.64. The molecule has 9 heteroatoms. The number of rotatable bonds is 12. The van der Waals surface area contributed by atoms with Gasteiger partial charge in [-0.1, -0.05) is 42.1 Å². The van der Waals surface area contributed by atoms with Gasteiger partial charge in [-0.2, -0.15) is 0 Å². The number of carboxylic acid groups (broad SMARTS) is 1. The lowest BCUT2D eigenvalue weighted by Gasteiger charge is -2.45. The third-order valence-corrected chi connectivity index (χ3v) is 6.23. The van der Waals surface area contributed by atoms with Crippen molar-refractivity contribution in [1.82, 2.24) is 5.32 Å². The fourth-order valence-electron chi connectivity index (χ4n) is 3.74. The van der Waals surface area contributed by atoms with Gasteiger partial charge in [0.05, 0.1) is 0 Å². The van der Waals surface area contributed by atoms with E-state index in [2.05, 4.69) is 5.32 Å². The summed E-state index contributed by atoms with van der Waals surface area (Å²) < 4.78 is 0. The number of nitrogens with one attached hydrogen (secondary N) is 1. The van der Waals surface area contributed by atoms with E-state index in [0.29, 0.717) is 29.3 Å². The van der Waals surface area contributed by atoms with Gasteiger partial charge in [-0.05, 0) is 68.6 Å². The molecule has 0 heterocycles. The van der Waals surface area contributed by atoms with E-state index in [9.17, 15) is 9.90 Å². The molecule has 1 saturated carbocycles. The van der Waals surface area contributed by atoms with Crippen LogP contribution in [0.4, 0.5) is 0 Å². The molecule has 1 atom stereocenters. The molecular formula is C19H29BCl2N2O4. The SMILES string of the molecule is N[C@](CCCCB(O)O)(C(=O)O)[C@H]1C[C@H](NCCCc2ccc(Cl)cc2Cl)C1. The van der Waals surface area contributed by atoms with Gasteiger partial charge in [0.25, 0.3) is 0 Å². The molecule has 0 amide bonds. The Hall–Kier alpha value is -0.825. The zero-order chi connectivity index (χ0) is 20.7. The lowest BCUT2D eigenvalue weighted by atomic mass is 9.66. The van der Waals surface area contributed by atoms with Crippen molar-refractivity contribution in [3.63, 3.8) is 0 Å². The van der Waals surface area contributed by atoms with Gasteiger partial charge in [-0.15, -0.1) is 0 Å². The van der Waals surface area contributed by atoms with Gasteiger partial charge in [0.1, 0.15) is 5.54 Å². The summed E-state index contributed by atoms with van der Waals surface area (Å²) >= 11 is 12.1. The third kappa shape index (κ3) is 6.61. The highest BCUT2D eigenvalue weighted by molar-refractivity contribution is 6.40. The van der Waals surface area contributed by atoms with E-state index in [1.54, 1.807) is 6.07 Å². The summed E-state index contributed by atoms with van der Waals surface area (Å²) in [4.78, 5) is 11.7. The molecule has 6 N–H and O–H groups in total. The number of aryl methyl sites for hydroxylation is 1. The van der Waals surface area contributed by atoms with Gasteiger partial charge >= 0.3 is 13.1 Å². The highest BCUT2D eigenvalue weighted by Gasteiger charge is 2.47. The van der Waals surface area contributed by atoms with Gasteiger partial charge in [-0.25, -0.2) is 0 Å². The van der Waals surface area contributed by atoms with E-state index in [1.165, 1.54) is 0 Å². The first kappa shape index (κ1) is 23.5. The molecule has 1 aliphatic rings. The zero-order valence-electron chi connectivity index (χ0n) is 15.9. The molecule has 6 nitrogen and oxygen atoms in total. The van der Waals surface area contributed by atoms with Crippen LogP contribution in [0.15, 0.2) is 18.2 Å². The van der Waals surface area contributed by atoms with Crippen molar-refractivity contribution < 1.29 is 19.9 Å². The summed E-state index contributed by atoms with van der Waals surface area (Å²) in [7, 11) is -1.35. The first-order chi connectivity index (χ1) is 13.2. The molecule has 1 aromatic rings. The Kier molecular flexibility index (Phi) is 9.05. The van der Waals surface area contributed by atoms with E-state index in [1.807, 2.05) is 12.1 Å². The van der Waals surface area contributed by atoms with Crippen LogP contribution in [0.1, 0.15) is 44.1 Å². The predicted molar refractivity (Wildman–Crippen MR) is 113 cm³/mol. The number of hydrogen-bond donors (Lipinski definition) is 5. The molecule has 0 bridgehead atoms. The van der Waals surface area contributed by atoms with Crippen molar-refractivity contribution in [2.24, 2.45) is 11.7 Å². The predicted octanol–water partition coefficient (Wildman–Crippen LogP) is 2.72. The van der Waals surface area contributed by atoms with Crippen LogP contribution < -0.4 is 11.1 Å². The van der Waals surface area contributed by atoms with Crippen LogP contribution in [-0.2, 0) is 11.2 Å². The molecule has 28 heavy (non-hydrogen) atoms. The topological polar surface area (TPSA) is 116 Å². The Morgan fingerprint density at radius 3 is 2.57 bits per heavy atom. The Morgan fingerprint density at radius 2 is 1.96 bits per heavy atom. The molecule has 0 radical (unpaired) electrons. The molecule has 1 aliphatic carbocycles. The maximum Gasteiger partial charge on any atom is 0.451 e. The van der Waals surface area contributed by atoms with Crippen LogP contribution in [0, 0.1) is 5.92 Å². The minimum Gasteiger partial charge on any atom is -0.480 e. The maximum absolute atomic E-state index is 11.7. The molecule has 0 spiro atoms. The highest BCUT2D eigenvalue weighted by atomic mass is 35.5. The fourth-order valence-corrected chi connectivity index (χ4v) is 4.25. The average Bonchev–Trinajstić information content (AvgIpc) is 2.58.